The van der Waals surface area contributed by atoms with E-state index in [2.05, 4.69) is 10.6 Å². The van der Waals surface area contributed by atoms with Gasteiger partial charge in [-0.05, 0) is 37.0 Å². The van der Waals surface area contributed by atoms with Gasteiger partial charge in [-0.3, -0.25) is 14.9 Å². The Bertz CT molecular complexity index is 528. The number of halogens is 1. The molecular formula is C14H17FN2O2. The smallest absolute Gasteiger partial charge is 0.249 e. The van der Waals surface area contributed by atoms with Gasteiger partial charge in [-0.1, -0.05) is 13.0 Å². The largest absolute Gasteiger partial charge is 0.371 e. The molecule has 0 spiro atoms. The lowest BCUT2D eigenvalue weighted by Crippen LogP contribution is -2.47. The third-order valence-electron chi connectivity index (χ3n) is 3.45. The summed E-state index contributed by atoms with van der Waals surface area (Å²) in [5, 5.41) is 5.12. The summed E-state index contributed by atoms with van der Waals surface area (Å²) in [6.07, 6.45) is 1.43. The van der Waals surface area contributed by atoms with E-state index in [1.807, 2.05) is 13.0 Å². The molecule has 1 aromatic carbocycles. The topological polar surface area (TPSA) is 58.2 Å². The molecule has 102 valence electrons. The fraction of sp³-hybridized carbons (Fsp3) is 0.429. The predicted octanol–water partition coefficient (Wildman–Crippen LogP) is 1.91. The van der Waals surface area contributed by atoms with Crippen molar-refractivity contribution in [1.29, 1.82) is 0 Å². The van der Waals surface area contributed by atoms with Crippen molar-refractivity contribution in [3.05, 3.63) is 29.1 Å². The van der Waals surface area contributed by atoms with Gasteiger partial charge in [0.25, 0.3) is 0 Å². The highest BCUT2D eigenvalue weighted by Gasteiger charge is 2.27. The van der Waals surface area contributed by atoms with Crippen LogP contribution in [0.25, 0.3) is 0 Å². The third-order valence-corrected chi connectivity index (χ3v) is 3.45. The van der Waals surface area contributed by atoms with E-state index in [-0.39, 0.29) is 18.1 Å². The summed E-state index contributed by atoms with van der Waals surface area (Å²) in [5.74, 6) is -1.00. The van der Waals surface area contributed by atoms with E-state index in [4.69, 9.17) is 0 Å². The Hall–Kier alpha value is -1.91. The first-order chi connectivity index (χ1) is 9.02. The van der Waals surface area contributed by atoms with E-state index in [1.165, 1.54) is 0 Å². The van der Waals surface area contributed by atoms with Crippen molar-refractivity contribution in [1.82, 2.24) is 5.32 Å². The molecule has 2 amide bonds. The molecule has 1 heterocycles. The molecule has 1 saturated heterocycles. The summed E-state index contributed by atoms with van der Waals surface area (Å²) in [4.78, 5) is 22.7. The van der Waals surface area contributed by atoms with Crippen LogP contribution in [0.2, 0.25) is 0 Å². The minimum atomic E-state index is -0.556. The second kappa shape index (κ2) is 5.38. The molecule has 1 aromatic rings. The number of rotatable bonds is 3. The van der Waals surface area contributed by atoms with Crippen molar-refractivity contribution in [2.24, 2.45) is 0 Å². The average Bonchev–Trinajstić information content (AvgIpc) is 2.38. The van der Waals surface area contributed by atoms with Crippen molar-refractivity contribution >= 4 is 17.5 Å². The normalized spacial score (nSPS) is 19.2. The zero-order valence-corrected chi connectivity index (χ0v) is 11.0. The average molecular weight is 264 g/mol. The van der Waals surface area contributed by atoms with Crippen LogP contribution in [0.1, 0.15) is 30.9 Å². The molecule has 1 unspecified atom stereocenters. The highest BCUT2D eigenvalue weighted by atomic mass is 19.1. The first kappa shape index (κ1) is 13.5. The minimum absolute atomic E-state index is 0.275. The predicted molar refractivity (Wildman–Crippen MR) is 70.3 cm³/mol. The Morgan fingerprint density at radius 2 is 2.16 bits per heavy atom. The van der Waals surface area contributed by atoms with Crippen LogP contribution < -0.4 is 10.6 Å². The van der Waals surface area contributed by atoms with Gasteiger partial charge in [0.15, 0.2) is 0 Å². The number of piperidine rings is 1. The standard InChI is InChI=1S/C14H17FN2O2/c1-3-9-4-5-10(13(15)8(9)2)16-11-6-7-12(18)17-14(11)19/h4-5,11,16H,3,6-7H2,1-2H3,(H,17,18,19). The highest BCUT2D eigenvalue weighted by molar-refractivity contribution is 6.01. The van der Waals surface area contributed by atoms with Crippen LogP contribution in [0.3, 0.4) is 0 Å². The molecule has 1 atom stereocenters. The number of carbonyl (C=O) groups excluding carboxylic acids is 2. The van der Waals surface area contributed by atoms with Crippen molar-refractivity contribution in [2.45, 2.75) is 39.2 Å². The van der Waals surface area contributed by atoms with Gasteiger partial charge in [-0.2, -0.15) is 0 Å². The molecule has 2 N–H and O–H groups in total. The van der Waals surface area contributed by atoms with Gasteiger partial charge in [-0.25, -0.2) is 4.39 Å². The Morgan fingerprint density at radius 1 is 1.42 bits per heavy atom. The number of aryl methyl sites for hydroxylation is 1. The maximum absolute atomic E-state index is 14.1. The molecule has 0 radical (unpaired) electrons. The SMILES string of the molecule is CCc1ccc(NC2CCC(=O)NC2=O)c(F)c1C. The van der Waals surface area contributed by atoms with Gasteiger partial charge < -0.3 is 5.32 Å². The molecule has 5 heteroatoms. The zero-order valence-electron chi connectivity index (χ0n) is 11.0. The Balaban J connectivity index is 2.18. The number of amides is 2. The molecule has 1 fully saturated rings. The second-order valence-electron chi connectivity index (χ2n) is 4.71. The van der Waals surface area contributed by atoms with Crippen molar-refractivity contribution in [2.75, 3.05) is 5.32 Å². The van der Waals surface area contributed by atoms with Crippen LogP contribution in [-0.2, 0) is 16.0 Å². The molecule has 2 rings (SSSR count). The molecule has 0 aromatic heterocycles. The maximum Gasteiger partial charge on any atom is 0.249 e. The number of hydrogen-bond acceptors (Lipinski definition) is 3. The number of hydrogen-bond donors (Lipinski definition) is 2. The molecule has 19 heavy (non-hydrogen) atoms. The Labute approximate surface area is 111 Å². The summed E-state index contributed by atoms with van der Waals surface area (Å²) in [6, 6.07) is 2.94. The molecule has 1 aliphatic rings. The van der Waals surface area contributed by atoms with E-state index >= 15 is 0 Å². The summed E-state index contributed by atoms with van der Waals surface area (Å²) in [7, 11) is 0. The quantitative estimate of drug-likeness (QED) is 0.820. The number of nitrogens with one attached hydrogen (secondary N) is 2. The number of anilines is 1. The van der Waals surface area contributed by atoms with Gasteiger partial charge in [-0.15, -0.1) is 0 Å². The molecule has 4 nitrogen and oxygen atoms in total. The highest BCUT2D eigenvalue weighted by Crippen LogP contribution is 2.23. The number of benzene rings is 1. The number of imide groups is 1. The van der Waals surface area contributed by atoms with Crippen molar-refractivity contribution < 1.29 is 14.0 Å². The van der Waals surface area contributed by atoms with Gasteiger partial charge in [0.2, 0.25) is 11.8 Å². The lowest BCUT2D eigenvalue weighted by atomic mass is 10.0. The molecule has 1 aliphatic heterocycles. The fourth-order valence-electron chi connectivity index (χ4n) is 2.24. The zero-order chi connectivity index (χ0) is 14.0. The van der Waals surface area contributed by atoms with Gasteiger partial charge >= 0.3 is 0 Å². The summed E-state index contributed by atoms with van der Waals surface area (Å²) >= 11 is 0. The lowest BCUT2D eigenvalue weighted by molar-refractivity contribution is -0.133. The van der Waals surface area contributed by atoms with Crippen LogP contribution >= 0.6 is 0 Å². The summed E-state index contributed by atoms with van der Waals surface area (Å²) < 4.78 is 14.1. The van der Waals surface area contributed by atoms with E-state index in [0.717, 1.165) is 12.0 Å². The van der Waals surface area contributed by atoms with E-state index < -0.39 is 11.9 Å². The van der Waals surface area contributed by atoms with Crippen LogP contribution in [0.5, 0.6) is 0 Å². The van der Waals surface area contributed by atoms with E-state index in [9.17, 15) is 14.0 Å². The molecule has 0 aliphatic carbocycles. The molecular weight excluding hydrogens is 247 g/mol. The summed E-state index contributed by atoms with van der Waals surface area (Å²) in [6.45, 7) is 3.69. The summed E-state index contributed by atoms with van der Waals surface area (Å²) in [5.41, 5.74) is 1.86. The van der Waals surface area contributed by atoms with Crippen molar-refractivity contribution in [3.63, 3.8) is 0 Å². The second-order valence-corrected chi connectivity index (χ2v) is 4.71. The van der Waals surface area contributed by atoms with Crippen molar-refractivity contribution in [3.8, 4) is 0 Å². The fourth-order valence-corrected chi connectivity index (χ4v) is 2.24. The first-order valence-corrected chi connectivity index (χ1v) is 6.41. The Morgan fingerprint density at radius 3 is 2.79 bits per heavy atom. The van der Waals surface area contributed by atoms with Crippen LogP contribution in [-0.4, -0.2) is 17.9 Å². The third kappa shape index (κ3) is 2.75. The van der Waals surface area contributed by atoms with Gasteiger partial charge in [0.1, 0.15) is 11.9 Å². The number of carbonyl (C=O) groups is 2. The van der Waals surface area contributed by atoms with E-state index in [0.29, 0.717) is 17.7 Å². The van der Waals surface area contributed by atoms with Crippen LogP contribution in [0.4, 0.5) is 10.1 Å². The van der Waals surface area contributed by atoms with Crippen LogP contribution in [0, 0.1) is 12.7 Å². The van der Waals surface area contributed by atoms with E-state index in [1.54, 1.807) is 13.0 Å². The van der Waals surface area contributed by atoms with Gasteiger partial charge in [0, 0.05) is 6.42 Å². The minimum Gasteiger partial charge on any atom is -0.371 e. The lowest BCUT2D eigenvalue weighted by Gasteiger charge is -2.23. The van der Waals surface area contributed by atoms with Crippen LogP contribution in [0.15, 0.2) is 12.1 Å². The Kier molecular flexibility index (Phi) is 3.83. The molecule has 0 saturated carbocycles. The molecule has 0 bridgehead atoms. The van der Waals surface area contributed by atoms with Gasteiger partial charge in [0.05, 0.1) is 5.69 Å². The monoisotopic (exact) mass is 264 g/mol. The maximum atomic E-state index is 14.1. The first-order valence-electron chi connectivity index (χ1n) is 6.41.